The van der Waals surface area contributed by atoms with Crippen LogP contribution in [0.5, 0.6) is 0 Å². The standard InChI is InChI=1S/C14H20N8O/c1-14(2,3)12-19-18-11-7-6-9(21-22(11)12)15-8-4-5-10-16-13(23)20-17-10/h6-7H,4-5,8H2,1-3H3,(H,15,21)(H2,16,17,20,23). The highest BCUT2D eigenvalue weighted by molar-refractivity contribution is 5.44. The number of aryl methyl sites for hydroxylation is 1. The lowest BCUT2D eigenvalue weighted by atomic mass is 9.96. The van der Waals surface area contributed by atoms with Gasteiger partial charge in [0.25, 0.3) is 0 Å². The van der Waals surface area contributed by atoms with Crippen LogP contribution in [0.25, 0.3) is 5.65 Å². The van der Waals surface area contributed by atoms with E-state index in [9.17, 15) is 4.79 Å². The van der Waals surface area contributed by atoms with Gasteiger partial charge in [-0.05, 0) is 18.6 Å². The molecule has 0 aliphatic heterocycles. The van der Waals surface area contributed by atoms with Crippen molar-refractivity contribution in [3.05, 3.63) is 34.3 Å². The SMILES string of the molecule is CC(C)(C)c1nnc2ccc(NCCCc3n[nH]c(=O)[nH]3)nn12. The summed E-state index contributed by atoms with van der Waals surface area (Å²) in [6.07, 6.45) is 1.52. The highest BCUT2D eigenvalue weighted by atomic mass is 16.1. The van der Waals surface area contributed by atoms with E-state index >= 15 is 0 Å². The fraction of sp³-hybridized carbons (Fsp3) is 0.500. The molecule has 0 aliphatic carbocycles. The largest absolute Gasteiger partial charge is 0.369 e. The molecule has 0 radical (unpaired) electrons. The van der Waals surface area contributed by atoms with Gasteiger partial charge in [-0.2, -0.15) is 9.61 Å². The van der Waals surface area contributed by atoms with Crippen molar-refractivity contribution < 1.29 is 0 Å². The molecule has 9 heteroatoms. The first-order valence-corrected chi connectivity index (χ1v) is 7.54. The molecule has 3 aromatic heterocycles. The number of nitrogens with one attached hydrogen (secondary N) is 3. The number of aromatic amines is 2. The van der Waals surface area contributed by atoms with Crippen LogP contribution in [0.15, 0.2) is 16.9 Å². The molecule has 3 aromatic rings. The monoisotopic (exact) mass is 316 g/mol. The van der Waals surface area contributed by atoms with Gasteiger partial charge in [-0.1, -0.05) is 20.8 Å². The predicted molar refractivity (Wildman–Crippen MR) is 85.5 cm³/mol. The molecule has 0 unspecified atom stereocenters. The first-order valence-electron chi connectivity index (χ1n) is 7.54. The molecule has 0 fully saturated rings. The summed E-state index contributed by atoms with van der Waals surface area (Å²) in [7, 11) is 0. The van der Waals surface area contributed by atoms with Crippen molar-refractivity contribution in [2.45, 2.75) is 39.0 Å². The Balaban J connectivity index is 1.65. The van der Waals surface area contributed by atoms with Crippen LogP contribution in [0.4, 0.5) is 5.82 Å². The van der Waals surface area contributed by atoms with Crippen LogP contribution in [0.3, 0.4) is 0 Å². The first kappa shape index (κ1) is 15.2. The van der Waals surface area contributed by atoms with Gasteiger partial charge in [0.05, 0.1) is 0 Å². The molecule has 0 bridgehead atoms. The number of hydrogen-bond donors (Lipinski definition) is 3. The maximum Gasteiger partial charge on any atom is 0.340 e. The van der Waals surface area contributed by atoms with Crippen LogP contribution in [0.2, 0.25) is 0 Å². The van der Waals surface area contributed by atoms with E-state index in [1.807, 2.05) is 12.1 Å². The average Bonchev–Trinajstić information content (AvgIpc) is 3.08. The van der Waals surface area contributed by atoms with E-state index in [-0.39, 0.29) is 11.1 Å². The Morgan fingerprint density at radius 3 is 2.78 bits per heavy atom. The van der Waals surface area contributed by atoms with Crippen molar-refractivity contribution in [3.8, 4) is 0 Å². The van der Waals surface area contributed by atoms with Crippen molar-refractivity contribution in [2.75, 3.05) is 11.9 Å². The highest BCUT2D eigenvalue weighted by Crippen LogP contribution is 2.20. The van der Waals surface area contributed by atoms with Crippen LogP contribution in [-0.2, 0) is 11.8 Å². The van der Waals surface area contributed by atoms with E-state index in [1.54, 1.807) is 4.52 Å². The second kappa shape index (κ2) is 5.82. The molecule has 0 aliphatic rings. The van der Waals surface area contributed by atoms with E-state index < -0.39 is 0 Å². The molecule has 0 atom stereocenters. The zero-order valence-electron chi connectivity index (χ0n) is 13.4. The van der Waals surface area contributed by atoms with Crippen LogP contribution in [0, 0.1) is 0 Å². The fourth-order valence-corrected chi connectivity index (χ4v) is 2.25. The zero-order chi connectivity index (χ0) is 16.4. The summed E-state index contributed by atoms with van der Waals surface area (Å²) in [6, 6.07) is 3.77. The molecular formula is C14H20N8O. The Kier molecular flexibility index (Phi) is 3.85. The molecule has 3 N–H and O–H groups in total. The topological polar surface area (TPSA) is 117 Å². The van der Waals surface area contributed by atoms with Gasteiger partial charge in [-0.15, -0.1) is 15.3 Å². The third kappa shape index (κ3) is 3.38. The van der Waals surface area contributed by atoms with Crippen molar-refractivity contribution in [1.29, 1.82) is 0 Å². The molecule has 122 valence electrons. The van der Waals surface area contributed by atoms with Gasteiger partial charge >= 0.3 is 5.69 Å². The number of nitrogens with zero attached hydrogens (tertiary/aromatic N) is 5. The van der Waals surface area contributed by atoms with Gasteiger partial charge in [-0.25, -0.2) is 9.89 Å². The van der Waals surface area contributed by atoms with Crippen LogP contribution >= 0.6 is 0 Å². The molecule has 0 aromatic carbocycles. The van der Waals surface area contributed by atoms with Crippen molar-refractivity contribution >= 4 is 11.5 Å². The quantitative estimate of drug-likeness (QED) is 0.602. The number of anilines is 1. The van der Waals surface area contributed by atoms with Gasteiger partial charge < -0.3 is 5.32 Å². The van der Waals surface area contributed by atoms with E-state index in [0.29, 0.717) is 12.2 Å². The maximum absolute atomic E-state index is 10.9. The average molecular weight is 316 g/mol. The molecule has 0 amide bonds. The Bertz CT molecular complexity index is 853. The van der Waals surface area contributed by atoms with Crippen molar-refractivity contribution in [1.82, 2.24) is 35.0 Å². The first-order chi connectivity index (χ1) is 10.9. The lowest BCUT2D eigenvalue weighted by molar-refractivity contribution is 0.527. The van der Waals surface area contributed by atoms with Gasteiger partial charge in [0.15, 0.2) is 11.5 Å². The second-order valence-corrected chi connectivity index (χ2v) is 6.42. The number of aromatic nitrogens is 7. The summed E-state index contributed by atoms with van der Waals surface area (Å²) in [4.78, 5) is 13.6. The Morgan fingerprint density at radius 2 is 2.09 bits per heavy atom. The number of rotatable bonds is 5. The normalized spacial score (nSPS) is 12.0. The van der Waals surface area contributed by atoms with Gasteiger partial charge in [0, 0.05) is 18.4 Å². The van der Waals surface area contributed by atoms with Crippen molar-refractivity contribution in [3.63, 3.8) is 0 Å². The molecule has 9 nitrogen and oxygen atoms in total. The smallest absolute Gasteiger partial charge is 0.340 e. The van der Waals surface area contributed by atoms with E-state index in [4.69, 9.17) is 0 Å². The van der Waals surface area contributed by atoms with Gasteiger partial charge in [-0.3, -0.25) is 4.98 Å². The summed E-state index contributed by atoms with van der Waals surface area (Å²) in [5.74, 6) is 2.25. The summed E-state index contributed by atoms with van der Waals surface area (Å²) >= 11 is 0. The minimum Gasteiger partial charge on any atom is -0.369 e. The summed E-state index contributed by atoms with van der Waals surface area (Å²) in [5, 5.41) is 22.4. The van der Waals surface area contributed by atoms with E-state index in [1.165, 1.54) is 0 Å². The highest BCUT2D eigenvalue weighted by Gasteiger charge is 2.21. The van der Waals surface area contributed by atoms with E-state index in [2.05, 4.69) is 56.6 Å². The lowest BCUT2D eigenvalue weighted by Gasteiger charge is -2.15. The van der Waals surface area contributed by atoms with Crippen LogP contribution in [-0.4, -0.2) is 41.5 Å². The second-order valence-electron chi connectivity index (χ2n) is 6.42. The van der Waals surface area contributed by atoms with Crippen molar-refractivity contribution in [2.24, 2.45) is 0 Å². The van der Waals surface area contributed by atoms with Crippen LogP contribution in [0.1, 0.15) is 38.8 Å². The Morgan fingerprint density at radius 1 is 1.26 bits per heavy atom. The molecule has 23 heavy (non-hydrogen) atoms. The summed E-state index contributed by atoms with van der Waals surface area (Å²) in [6.45, 7) is 6.96. The predicted octanol–water partition coefficient (Wildman–Crippen LogP) is 0.878. The summed E-state index contributed by atoms with van der Waals surface area (Å²) < 4.78 is 1.77. The third-order valence-electron chi connectivity index (χ3n) is 3.38. The number of fused-ring (bicyclic) bond motifs is 1. The number of H-pyrrole nitrogens is 2. The molecule has 3 heterocycles. The summed E-state index contributed by atoms with van der Waals surface area (Å²) in [5.41, 5.74) is 0.327. The zero-order valence-corrected chi connectivity index (χ0v) is 13.4. The molecule has 0 saturated carbocycles. The van der Waals surface area contributed by atoms with Crippen LogP contribution < -0.4 is 11.0 Å². The van der Waals surface area contributed by atoms with E-state index in [0.717, 1.165) is 30.3 Å². The Hall–Kier alpha value is -2.71. The fourth-order valence-electron chi connectivity index (χ4n) is 2.25. The molecule has 0 saturated heterocycles. The van der Waals surface area contributed by atoms with Gasteiger partial charge in [0.2, 0.25) is 0 Å². The third-order valence-corrected chi connectivity index (χ3v) is 3.38. The Labute approximate surface area is 132 Å². The minimum absolute atomic E-state index is 0.128. The maximum atomic E-state index is 10.9. The number of hydrogen-bond acceptors (Lipinski definition) is 6. The minimum atomic E-state index is -0.276. The molecule has 0 spiro atoms. The van der Waals surface area contributed by atoms with Gasteiger partial charge in [0.1, 0.15) is 11.6 Å². The lowest BCUT2D eigenvalue weighted by Crippen LogP contribution is -2.17. The molecule has 3 rings (SSSR count). The molecular weight excluding hydrogens is 296 g/mol.